The molecule has 5 aromatic carbocycles. The normalized spacial score (nSPS) is 21.2. The van der Waals surface area contributed by atoms with E-state index < -0.39 is 80.1 Å². The van der Waals surface area contributed by atoms with E-state index in [1.54, 1.807) is 24.3 Å². The van der Waals surface area contributed by atoms with Crippen LogP contribution in [0.15, 0.2) is 84.9 Å². The summed E-state index contributed by atoms with van der Waals surface area (Å²) in [6, 6.07) is 18.2. The number of methoxy groups -OCH3 is 8. The molecule has 83 heavy (non-hydrogen) atoms. The second kappa shape index (κ2) is 28.6. The van der Waals surface area contributed by atoms with E-state index >= 15 is 0 Å². The highest BCUT2D eigenvalue weighted by molar-refractivity contribution is 5.88. The number of benzene rings is 5. The molecule has 24 nitrogen and oxygen atoms in total. The molecule has 5 aromatic rings. The third kappa shape index (κ3) is 14.5. The minimum Gasteiger partial charge on any atom is -0.504 e. The molecule has 2 fully saturated rings. The van der Waals surface area contributed by atoms with E-state index in [-0.39, 0.29) is 99.4 Å². The smallest absolute Gasteiger partial charge is 0.331 e. The van der Waals surface area contributed by atoms with Crippen LogP contribution in [0.3, 0.4) is 0 Å². The fourth-order valence-electron chi connectivity index (χ4n) is 9.55. The molecule has 24 heteroatoms. The average Bonchev–Trinajstić information content (AvgIpc) is 3.93. The third-order valence-corrected chi connectivity index (χ3v) is 13.9. The van der Waals surface area contributed by atoms with Gasteiger partial charge < -0.3 is 107 Å². The van der Waals surface area contributed by atoms with Crippen LogP contribution in [-0.4, -0.2) is 173 Å². The van der Waals surface area contributed by atoms with Crippen molar-refractivity contribution in [2.75, 3.05) is 83.3 Å². The van der Waals surface area contributed by atoms with Gasteiger partial charge in [0.15, 0.2) is 69.7 Å². The van der Waals surface area contributed by atoms with Gasteiger partial charge >= 0.3 is 11.9 Å². The van der Waals surface area contributed by atoms with Gasteiger partial charge in [0.05, 0.1) is 76.2 Å². The molecule has 448 valence electrons. The monoisotopic (exact) mass is 1160 g/mol. The lowest BCUT2D eigenvalue weighted by atomic mass is 9.84. The molecule has 0 spiro atoms. The molecule has 0 amide bonds. The molecule has 2 heterocycles. The van der Waals surface area contributed by atoms with Gasteiger partial charge in [-0.25, -0.2) is 9.59 Å². The quantitative estimate of drug-likeness (QED) is 0.0277. The molecule has 0 aliphatic carbocycles. The van der Waals surface area contributed by atoms with Crippen LogP contribution >= 0.6 is 0 Å². The Balaban J connectivity index is 1.10. The molecule has 8 N–H and O–H groups in total. The zero-order valence-electron chi connectivity index (χ0n) is 46.7. The predicted molar refractivity (Wildman–Crippen MR) is 293 cm³/mol. The molecule has 0 bridgehead atoms. The number of aliphatic hydroxyl groups excluding tert-OH is 5. The van der Waals surface area contributed by atoms with Gasteiger partial charge in [-0.2, -0.15) is 0 Å². The van der Waals surface area contributed by atoms with E-state index in [4.69, 9.17) is 66.3 Å². The Hall–Kier alpha value is -8.36. The van der Waals surface area contributed by atoms with Gasteiger partial charge in [-0.05, 0) is 107 Å². The van der Waals surface area contributed by atoms with Crippen LogP contribution in [-0.2, 0) is 35.0 Å². The number of carbonyl (C=O) groups is 2. The topological polar surface area (TPSA) is 325 Å². The first-order chi connectivity index (χ1) is 40.0. The molecule has 0 aromatic heterocycles. The van der Waals surface area contributed by atoms with Gasteiger partial charge in [-0.15, -0.1) is 0 Å². The van der Waals surface area contributed by atoms with Crippen molar-refractivity contribution in [3.63, 3.8) is 0 Å². The van der Waals surface area contributed by atoms with E-state index in [9.17, 15) is 50.4 Å². The Kier molecular flexibility index (Phi) is 21.4. The van der Waals surface area contributed by atoms with E-state index in [0.717, 1.165) is 12.2 Å². The second-order valence-corrected chi connectivity index (χ2v) is 18.9. The molecule has 10 atom stereocenters. The summed E-state index contributed by atoms with van der Waals surface area (Å²) in [5.41, 5.74) is 2.40. The SMILES string of the molecule is COc1cc(/C=C/C(=O)OC[C@H]2O[C@@H](Oc3c(OC)cc(C[C@H]4CO[C@H](c5cc(OC)c(O[C@@H](c6cc(OC)c(O)c(OC)c6)[C@H](O)CO)c(OC)c5)[C@H]4CO)cc3OC)[C@H](O)[C@@H](O)[C@@H]2OC(=O)/C=C/c2ccc(O)c(OC)c2)ccc1O. The van der Waals surface area contributed by atoms with Gasteiger partial charge in [-0.3, -0.25) is 0 Å². The fourth-order valence-corrected chi connectivity index (χ4v) is 9.55. The van der Waals surface area contributed by atoms with E-state index in [2.05, 4.69) is 0 Å². The highest BCUT2D eigenvalue weighted by Crippen LogP contribution is 2.49. The third-order valence-electron chi connectivity index (χ3n) is 13.9. The molecule has 0 radical (unpaired) electrons. The number of ether oxygens (including phenoxy) is 14. The van der Waals surface area contributed by atoms with Crippen LogP contribution in [0.4, 0.5) is 0 Å². The largest absolute Gasteiger partial charge is 0.504 e. The summed E-state index contributed by atoms with van der Waals surface area (Å²) in [5, 5.41) is 85.8. The van der Waals surface area contributed by atoms with Gasteiger partial charge in [0.25, 0.3) is 0 Å². The van der Waals surface area contributed by atoms with Crippen LogP contribution in [0.5, 0.6) is 74.7 Å². The number of aliphatic hydroxyl groups is 5. The van der Waals surface area contributed by atoms with Crippen molar-refractivity contribution in [1.29, 1.82) is 0 Å². The van der Waals surface area contributed by atoms with E-state index in [0.29, 0.717) is 28.7 Å². The first kappa shape index (κ1) is 62.2. The molecule has 0 saturated carbocycles. The summed E-state index contributed by atoms with van der Waals surface area (Å²) in [7, 11) is 10.9. The maximum atomic E-state index is 13.3. The Labute approximate surface area is 477 Å². The van der Waals surface area contributed by atoms with Crippen LogP contribution < -0.4 is 47.4 Å². The lowest BCUT2D eigenvalue weighted by molar-refractivity contribution is -0.281. The van der Waals surface area contributed by atoms with Crippen LogP contribution in [0, 0.1) is 11.8 Å². The van der Waals surface area contributed by atoms with E-state index in [1.165, 1.54) is 118 Å². The molecular formula is C59H68O24. The molecule has 7 rings (SSSR count). The maximum absolute atomic E-state index is 13.3. The number of phenols is 3. The number of esters is 2. The lowest BCUT2D eigenvalue weighted by Crippen LogP contribution is -2.61. The number of hydrogen-bond acceptors (Lipinski definition) is 24. The van der Waals surface area contributed by atoms with Crippen molar-refractivity contribution >= 4 is 24.1 Å². The molecular weight excluding hydrogens is 1090 g/mol. The summed E-state index contributed by atoms with van der Waals surface area (Å²) in [6.07, 6.45) is -6.90. The van der Waals surface area contributed by atoms with Crippen molar-refractivity contribution in [2.45, 2.75) is 55.4 Å². The van der Waals surface area contributed by atoms with Crippen LogP contribution in [0.25, 0.3) is 12.2 Å². The summed E-state index contributed by atoms with van der Waals surface area (Å²) >= 11 is 0. The summed E-state index contributed by atoms with van der Waals surface area (Å²) in [5.74, 6) is -2.37. The molecule has 0 unspecified atom stereocenters. The minimum atomic E-state index is -1.90. The Bertz CT molecular complexity index is 3010. The van der Waals surface area contributed by atoms with Gasteiger partial charge in [0.2, 0.25) is 23.5 Å². The molecule has 2 aliphatic rings. The Morgan fingerprint density at radius 3 is 1.66 bits per heavy atom. The summed E-state index contributed by atoms with van der Waals surface area (Å²) < 4.78 is 80.3. The lowest BCUT2D eigenvalue weighted by Gasteiger charge is -2.41. The van der Waals surface area contributed by atoms with E-state index in [1.807, 2.05) is 0 Å². The standard InChI is InChI=1S/C59H68O24/c1-70-40-18-30(9-13-37(40)62)11-15-49(65)78-29-48-58(81-50(66)16-12-31-10-14-38(63)41(19-31)71-2)52(68)53(69)59(80-48)83-57-44(74-5)20-32(21-45(57)75-6)17-35-28-79-54(36(35)26-60)33-24-46(76-7)56(47(25-33)77-8)82-55(39(64)27-61)34-22-42(72-3)51(67)43(23-34)73-4/h9-16,18-25,35-36,39,48,52-55,58-64,67-69H,17,26-29H2,1-8H3/b15-11+,16-12+/t35-,36-,39+,48+,52+,53+,54+,55-,58+,59-/m0/s1. The Morgan fingerprint density at radius 2 is 1.16 bits per heavy atom. The molecule has 2 aliphatic heterocycles. The number of rotatable bonds is 26. The van der Waals surface area contributed by atoms with Crippen LogP contribution in [0.1, 0.15) is 40.0 Å². The zero-order valence-corrected chi connectivity index (χ0v) is 46.7. The van der Waals surface area contributed by atoms with Crippen molar-refractivity contribution in [2.24, 2.45) is 11.8 Å². The van der Waals surface area contributed by atoms with Crippen molar-refractivity contribution in [3.8, 4) is 74.7 Å². The summed E-state index contributed by atoms with van der Waals surface area (Å²) in [6.45, 7) is -1.49. The number of phenolic OH excluding ortho intramolecular Hbond substituents is 3. The molecule has 2 saturated heterocycles. The van der Waals surface area contributed by atoms with Crippen molar-refractivity contribution < 1.29 is 117 Å². The highest BCUT2D eigenvalue weighted by Gasteiger charge is 2.49. The van der Waals surface area contributed by atoms with Gasteiger partial charge in [0, 0.05) is 30.2 Å². The summed E-state index contributed by atoms with van der Waals surface area (Å²) in [4.78, 5) is 26.4. The van der Waals surface area contributed by atoms with Gasteiger partial charge in [-0.1, -0.05) is 12.1 Å². The zero-order chi connectivity index (χ0) is 60.1. The number of carbonyl (C=O) groups excluding carboxylic acids is 2. The maximum Gasteiger partial charge on any atom is 0.331 e. The second-order valence-electron chi connectivity index (χ2n) is 18.9. The minimum absolute atomic E-state index is 0.0246. The average molecular weight is 1160 g/mol. The van der Waals surface area contributed by atoms with Crippen LogP contribution in [0.2, 0.25) is 0 Å². The predicted octanol–water partition coefficient (Wildman–Crippen LogP) is 4.59. The first-order valence-electron chi connectivity index (χ1n) is 25.8. The number of hydrogen-bond donors (Lipinski definition) is 8. The fraction of sp³-hybridized carbons (Fsp3) is 0.390. The Morgan fingerprint density at radius 1 is 0.639 bits per heavy atom. The number of aromatic hydroxyl groups is 3. The first-order valence-corrected chi connectivity index (χ1v) is 25.8. The van der Waals surface area contributed by atoms with Gasteiger partial charge in [0.1, 0.15) is 31.0 Å². The highest BCUT2D eigenvalue weighted by atomic mass is 16.7. The van der Waals surface area contributed by atoms with Crippen molar-refractivity contribution in [1.82, 2.24) is 0 Å². The van der Waals surface area contributed by atoms with Crippen molar-refractivity contribution in [3.05, 3.63) is 113 Å².